The maximum atomic E-state index is 9.40. The predicted octanol–water partition coefficient (Wildman–Crippen LogP) is -0.780. The van der Waals surface area contributed by atoms with E-state index in [0.29, 0.717) is 6.32 Å². The number of hydrogen-bond donors (Lipinski definition) is 4. The Hall–Kier alpha value is -0.755. The van der Waals surface area contributed by atoms with Crippen LogP contribution in [0.2, 0.25) is 6.32 Å². The highest BCUT2D eigenvalue weighted by Gasteiger charge is 2.17. The van der Waals surface area contributed by atoms with Gasteiger partial charge in [0.15, 0.2) is 0 Å². The molecule has 0 aromatic carbocycles. The third-order valence-electron chi connectivity index (χ3n) is 3.66. The summed E-state index contributed by atoms with van der Waals surface area (Å²) in [5.41, 5.74) is 6.03. The van der Waals surface area contributed by atoms with E-state index < -0.39 is 7.12 Å². The number of piperidine rings is 1. The van der Waals surface area contributed by atoms with Crippen LogP contribution in [0.1, 0.15) is 38.5 Å². The van der Waals surface area contributed by atoms with Gasteiger partial charge in [-0.05, 0) is 38.5 Å². The molecule has 1 fully saturated rings. The topological polar surface area (TPSA) is 124 Å². The molecule has 1 saturated heterocycles. The number of unbranched alkanes of at least 4 members (excludes halogenated alkanes) is 1. The zero-order chi connectivity index (χ0) is 16.1. The third kappa shape index (κ3) is 12.7. The number of nitrogens with two attached hydrogens (primary N) is 1. The Balaban J connectivity index is 0.00000122. The summed E-state index contributed by atoms with van der Waals surface area (Å²) in [4.78, 5) is 18.6. The largest absolute Gasteiger partial charge is 0.451 e. The van der Waals surface area contributed by atoms with E-state index in [2.05, 4.69) is 4.90 Å². The van der Waals surface area contributed by atoms with Crippen molar-refractivity contribution in [1.82, 2.24) is 4.90 Å². The summed E-state index contributed by atoms with van der Waals surface area (Å²) in [6.07, 6.45) is 6.05. The van der Waals surface area contributed by atoms with Gasteiger partial charge in [-0.2, -0.15) is 9.59 Å². The van der Waals surface area contributed by atoms with Gasteiger partial charge in [0.25, 0.3) is 0 Å². The second-order valence-electron chi connectivity index (χ2n) is 5.47. The van der Waals surface area contributed by atoms with Crippen molar-refractivity contribution in [3.63, 3.8) is 0 Å². The average molecular weight is 302 g/mol. The number of likely N-dealkylation sites (tertiary alicyclic amines) is 1. The van der Waals surface area contributed by atoms with Crippen LogP contribution in [0.4, 0.5) is 0 Å². The first kappa shape index (κ1) is 20.2. The lowest BCUT2D eigenvalue weighted by Gasteiger charge is -2.30. The number of rotatable bonds is 8. The fraction of sp³-hybridized carbons (Fsp3) is 0.923. The fourth-order valence-electron chi connectivity index (χ4n) is 2.37. The van der Waals surface area contributed by atoms with Gasteiger partial charge in [-0.3, -0.25) is 0 Å². The van der Waals surface area contributed by atoms with Gasteiger partial charge in [0.2, 0.25) is 0 Å². The maximum absolute atomic E-state index is 9.40. The molecule has 0 unspecified atom stereocenters. The predicted molar refractivity (Wildman–Crippen MR) is 78.1 cm³/mol. The number of aliphatic hydroxyl groups excluding tert-OH is 1. The molecule has 21 heavy (non-hydrogen) atoms. The SMILES string of the molecule is N[C@H](CCCCB(O)O)CCN1CCC(O)CC1.O=C=O. The smallest absolute Gasteiger partial charge is 0.427 e. The highest BCUT2D eigenvalue weighted by molar-refractivity contribution is 6.40. The Kier molecular flexibility index (Phi) is 12.5. The molecule has 1 rings (SSSR count). The molecule has 1 atom stereocenters. The standard InChI is InChI=1S/C12H27BN2O3.CO2/c14-11(3-1-2-7-13(17)18)4-8-15-9-5-12(16)6-10-15;2-1-3/h11-12,16-18H,1-10,14H2;/t11-;/m1./s1. The number of carbonyl (C=O) groups excluding carboxylic acids is 2. The quantitative estimate of drug-likeness (QED) is 0.342. The minimum atomic E-state index is -1.18. The van der Waals surface area contributed by atoms with Gasteiger partial charge in [-0.1, -0.05) is 12.8 Å². The van der Waals surface area contributed by atoms with Crippen LogP contribution in [-0.2, 0) is 9.59 Å². The van der Waals surface area contributed by atoms with Gasteiger partial charge in [0.1, 0.15) is 0 Å². The van der Waals surface area contributed by atoms with E-state index in [0.717, 1.165) is 58.2 Å². The summed E-state index contributed by atoms with van der Waals surface area (Å²) >= 11 is 0. The summed E-state index contributed by atoms with van der Waals surface area (Å²) in [5, 5.41) is 26.8. The van der Waals surface area contributed by atoms with E-state index in [4.69, 9.17) is 25.4 Å². The number of aliphatic hydroxyl groups is 1. The van der Waals surface area contributed by atoms with Crippen LogP contribution in [0, 0.1) is 0 Å². The molecule has 0 radical (unpaired) electrons. The monoisotopic (exact) mass is 302 g/mol. The van der Waals surface area contributed by atoms with Crippen molar-refractivity contribution < 1.29 is 24.7 Å². The van der Waals surface area contributed by atoms with Gasteiger partial charge in [0, 0.05) is 19.1 Å². The summed E-state index contributed by atoms with van der Waals surface area (Å²) in [6.45, 7) is 2.96. The minimum Gasteiger partial charge on any atom is -0.427 e. The first-order valence-electron chi connectivity index (χ1n) is 7.51. The molecule has 0 spiro atoms. The van der Waals surface area contributed by atoms with Gasteiger partial charge < -0.3 is 25.8 Å². The maximum Gasteiger partial charge on any atom is 0.451 e. The summed E-state index contributed by atoms with van der Waals surface area (Å²) < 4.78 is 0. The van der Waals surface area contributed by atoms with Crippen molar-refractivity contribution in [1.29, 1.82) is 0 Å². The Morgan fingerprint density at radius 1 is 1.19 bits per heavy atom. The Morgan fingerprint density at radius 2 is 1.76 bits per heavy atom. The van der Waals surface area contributed by atoms with Crippen LogP contribution in [0.25, 0.3) is 0 Å². The van der Waals surface area contributed by atoms with E-state index in [9.17, 15) is 5.11 Å². The molecule has 5 N–H and O–H groups in total. The van der Waals surface area contributed by atoms with E-state index in [-0.39, 0.29) is 18.3 Å². The van der Waals surface area contributed by atoms with E-state index in [1.807, 2.05) is 0 Å². The van der Waals surface area contributed by atoms with E-state index in [1.165, 1.54) is 0 Å². The Labute approximate surface area is 126 Å². The second kappa shape index (κ2) is 12.9. The van der Waals surface area contributed by atoms with Crippen molar-refractivity contribution in [3.8, 4) is 0 Å². The van der Waals surface area contributed by atoms with Gasteiger partial charge in [-0.15, -0.1) is 0 Å². The molecule has 122 valence electrons. The molecule has 0 saturated carbocycles. The first-order valence-corrected chi connectivity index (χ1v) is 7.51. The molecule has 1 aliphatic rings. The Morgan fingerprint density at radius 3 is 2.29 bits per heavy atom. The van der Waals surface area contributed by atoms with Crippen LogP contribution in [0.5, 0.6) is 0 Å². The lowest BCUT2D eigenvalue weighted by molar-refractivity contribution is -0.191. The summed E-state index contributed by atoms with van der Waals surface area (Å²) in [7, 11) is -1.18. The molecule has 0 aromatic rings. The van der Waals surface area contributed by atoms with Crippen LogP contribution >= 0.6 is 0 Å². The van der Waals surface area contributed by atoms with Crippen molar-refractivity contribution in [2.45, 2.75) is 57.0 Å². The van der Waals surface area contributed by atoms with Crippen LogP contribution in [0.15, 0.2) is 0 Å². The number of hydrogen-bond acceptors (Lipinski definition) is 7. The molecule has 0 bridgehead atoms. The normalized spacial score (nSPS) is 17.5. The van der Waals surface area contributed by atoms with Crippen LogP contribution < -0.4 is 5.73 Å². The van der Waals surface area contributed by atoms with E-state index >= 15 is 0 Å². The van der Waals surface area contributed by atoms with Gasteiger partial charge in [-0.25, -0.2) is 0 Å². The summed E-state index contributed by atoms with van der Waals surface area (Å²) in [5.74, 6) is 0. The number of nitrogens with zero attached hydrogens (tertiary/aromatic N) is 1. The molecule has 0 aromatic heterocycles. The summed E-state index contributed by atoms with van der Waals surface area (Å²) in [6, 6.07) is 0.202. The van der Waals surface area contributed by atoms with Crippen molar-refractivity contribution in [3.05, 3.63) is 0 Å². The van der Waals surface area contributed by atoms with Gasteiger partial charge >= 0.3 is 13.3 Å². The molecule has 7 nitrogen and oxygen atoms in total. The van der Waals surface area contributed by atoms with Gasteiger partial charge in [0.05, 0.1) is 6.10 Å². The zero-order valence-corrected chi connectivity index (χ0v) is 12.5. The highest BCUT2D eigenvalue weighted by Crippen LogP contribution is 2.12. The molecule has 1 heterocycles. The molecule has 1 aliphatic heterocycles. The second-order valence-corrected chi connectivity index (χ2v) is 5.47. The van der Waals surface area contributed by atoms with Crippen molar-refractivity contribution in [2.75, 3.05) is 19.6 Å². The lowest BCUT2D eigenvalue weighted by Crippen LogP contribution is -2.38. The van der Waals surface area contributed by atoms with Crippen LogP contribution in [0.3, 0.4) is 0 Å². The average Bonchev–Trinajstić information content (AvgIpc) is 2.44. The molecule has 0 amide bonds. The van der Waals surface area contributed by atoms with Crippen LogP contribution in [-0.4, -0.2) is 65.1 Å². The Bertz CT molecular complexity index is 280. The molecular weight excluding hydrogens is 275 g/mol. The third-order valence-corrected chi connectivity index (χ3v) is 3.66. The van der Waals surface area contributed by atoms with Crippen molar-refractivity contribution in [2.24, 2.45) is 5.73 Å². The van der Waals surface area contributed by atoms with E-state index in [1.54, 1.807) is 0 Å². The minimum absolute atomic E-state index is 0.111. The molecular formula is C13H27BN2O5. The molecule has 8 heteroatoms. The first-order chi connectivity index (χ1) is 9.99. The molecule has 0 aliphatic carbocycles. The highest BCUT2D eigenvalue weighted by atomic mass is 16.4. The fourth-order valence-corrected chi connectivity index (χ4v) is 2.37. The van der Waals surface area contributed by atoms with Crippen molar-refractivity contribution >= 4 is 13.3 Å². The lowest BCUT2D eigenvalue weighted by atomic mass is 9.83. The zero-order valence-electron chi connectivity index (χ0n) is 12.5.